The van der Waals surface area contributed by atoms with E-state index >= 15 is 0 Å². The Kier molecular flexibility index (Phi) is 3.97. The molecule has 0 unspecified atom stereocenters. The first-order valence-electron chi connectivity index (χ1n) is 5.89. The van der Waals surface area contributed by atoms with E-state index in [-0.39, 0.29) is 5.69 Å². The summed E-state index contributed by atoms with van der Waals surface area (Å²) in [5, 5.41) is 11.9. The Bertz CT molecular complexity index is 584. The summed E-state index contributed by atoms with van der Waals surface area (Å²) in [5.74, 6) is 0.183. The first-order chi connectivity index (χ1) is 9.19. The number of aromatic nitrogens is 1. The molecule has 0 fully saturated rings. The normalized spacial score (nSPS) is 9.95. The Balaban J connectivity index is 2.18. The van der Waals surface area contributed by atoms with Crippen LogP contribution in [0.3, 0.4) is 0 Å². The number of pyridine rings is 1. The lowest BCUT2D eigenvalue weighted by molar-refractivity contribution is 0.0690. The topological polar surface area (TPSA) is 71.5 Å². The van der Waals surface area contributed by atoms with E-state index in [9.17, 15) is 4.79 Å². The number of anilines is 2. The van der Waals surface area contributed by atoms with Gasteiger partial charge in [-0.15, -0.1) is 0 Å². The predicted molar refractivity (Wildman–Crippen MR) is 72.1 cm³/mol. The van der Waals surface area contributed by atoms with Gasteiger partial charge >= 0.3 is 5.97 Å². The van der Waals surface area contributed by atoms with Crippen molar-refractivity contribution in [2.75, 3.05) is 11.9 Å². The van der Waals surface area contributed by atoms with Gasteiger partial charge in [-0.1, -0.05) is 12.1 Å². The lowest BCUT2D eigenvalue weighted by Gasteiger charge is -2.08. The van der Waals surface area contributed by atoms with Crippen LogP contribution in [-0.4, -0.2) is 22.7 Å². The molecule has 0 radical (unpaired) electrons. The standard InChI is InChI=1S/C14H14N2O3/c1-2-19-11-6-3-5-10(9-11)15-13-8-4-7-12(16-13)14(17)18/h3-9H,2H2,1H3,(H,15,16)(H,17,18). The molecule has 1 heterocycles. The van der Waals surface area contributed by atoms with E-state index in [0.717, 1.165) is 11.4 Å². The molecule has 0 aliphatic rings. The molecule has 0 saturated carbocycles. The van der Waals surface area contributed by atoms with Crippen molar-refractivity contribution in [3.05, 3.63) is 48.2 Å². The van der Waals surface area contributed by atoms with Crippen molar-refractivity contribution in [2.45, 2.75) is 6.92 Å². The number of carboxylic acid groups (broad SMARTS) is 1. The molecule has 1 aromatic carbocycles. The molecular weight excluding hydrogens is 244 g/mol. The molecule has 98 valence electrons. The highest BCUT2D eigenvalue weighted by Crippen LogP contribution is 2.20. The molecule has 1 aromatic heterocycles. The van der Waals surface area contributed by atoms with Gasteiger partial charge in [0.1, 0.15) is 11.6 Å². The van der Waals surface area contributed by atoms with Crippen molar-refractivity contribution >= 4 is 17.5 Å². The quantitative estimate of drug-likeness (QED) is 0.862. The third-order valence-electron chi connectivity index (χ3n) is 2.39. The summed E-state index contributed by atoms with van der Waals surface area (Å²) in [4.78, 5) is 14.8. The fourth-order valence-electron chi connectivity index (χ4n) is 1.60. The van der Waals surface area contributed by atoms with E-state index in [1.54, 1.807) is 12.1 Å². The largest absolute Gasteiger partial charge is 0.494 e. The fourth-order valence-corrected chi connectivity index (χ4v) is 1.60. The second kappa shape index (κ2) is 5.86. The maximum atomic E-state index is 10.8. The van der Waals surface area contributed by atoms with Gasteiger partial charge in [0, 0.05) is 11.8 Å². The molecule has 5 heteroatoms. The van der Waals surface area contributed by atoms with Crippen LogP contribution in [-0.2, 0) is 0 Å². The zero-order valence-corrected chi connectivity index (χ0v) is 10.5. The number of ether oxygens (including phenoxy) is 1. The lowest BCUT2D eigenvalue weighted by atomic mass is 10.3. The van der Waals surface area contributed by atoms with Gasteiger partial charge in [0.25, 0.3) is 0 Å². The molecule has 19 heavy (non-hydrogen) atoms. The lowest BCUT2D eigenvalue weighted by Crippen LogP contribution is -2.02. The van der Waals surface area contributed by atoms with Gasteiger partial charge in [-0.25, -0.2) is 9.78 Å². The minimum Gasteiger partial charge on any atom is -0.494 e. The van der Waals surface area contributed by atoms with E-state index in [1.807, 2.05) is 31.2 Å². The summed E-state index contributed by atoms with van der Waals surface area (Å²) in [6.45, 7) is 2.51. The highest BCUT2D eigenvalue weighted by Gasteiger charge is 2.05. The van der Waals surface area contributed by atoms with Crippen molar-refractivity contribution in [3.63, 3.8) is 0 Å². The highest BCUT2D eigenvalue weighted by molar-refractivity contribution is 5.85. The van der Waals surface area contributed by atoms with Crippen LogP contribution < -0.4 is 10.1 Å². The van der Waals surface area contributed by atoms with Gasteiger partial charge in [-0.05, 0) is 31.2 Å². The number of nitrogens with one attached hydrogen (secondary N) is 1. The average Bonchev–Trinajstić information content (AvgIpc) is 2.40. The fraction of sp³-hybridized carbons (Fsp3) is 0.143. The number of nitrogens with zero attached hydrogens (tertiary/aromatic N) is 1. The molecule has 2 N–H and O–H groups in total. The third kappa shape index (κ3) is 3.45. The zero-order valence-electron chi connectivity index (χ0n) is 10.5. The number of aromatic carboxylic acids is 1. The number of carbonyl (C=O) groups is 1. The summed E-state index contributed by atoms with van der Waals surface area (Å²) < 4.78 is 5.39. The summed E-state index contributed by atoms with van der Waals surface area (Å²) in [7, 11) is 0. The average molecular weight is 258 g/mol. The Hall–Kier alpha value is -2.56. The maximum absolute atomic E-state index is 10.8. The second-order valence-corrected chi connectivity index (χ2v) is 3.80. The molecule has 0 saturated heterocycles. The van der Waals surface area contributed by atoms with Gasteiger partial charge in [0.2, 0.25) is 0 Å². The smallest absolute Gasteiger partial charge is 0.354 e. The zero-order chi connectivity index (χ0) is 13.7. The summed E-state index contributed by atoms with van der Waals surface area (Å²) in [5.41, 5.74) is 0.798. The van der Waals surface area contributed by atoms with Gasteiger partial charge in [0.05, 0.1) is 6.61 Å². The molecule has 0 aliphatic carbocycles. The number of rotatable bonds is 5. The maximum Gasteiger partial charge on any atom is 0.354 e. The Labute approximate surface area is 110 Å². The minimum absolute atomic E-state index is 0.00552. The van der Waals surface area contributed by atoms with Crippen molar-refractivity contribution < 1.29 is 14.6 Å². The van der Waals surface area contributed by atoms with E-state index < -0.39 is 5.97 Å². The van der Waals surface area contributed by atoms with E-state index in [2.05, 4.69) is 10.3 Å². The number of hydrogen-bond donors (Lipinski definition) is 2. The Morgan fingerprint density at radius 1 is 1.32 bits per heavy atom. The molecule has 2 aromatic rings. The molecule has 0 bridgehead atoms. The first kappa shape index (κ1) is 12.9. The Morgan fingerprint density at radius 2 is 2.11 bits per heavy atom. The summed E-state index contributed by atoms with van der Waals surface area (Å²) in [6, 6.07) is 12.2. The van der Waals surface area contributed by atoms with Crippen molar-refractivity contribution in [1.29, 1.82) is 0 Å². The molecule has 0 atom stereocenters. The molecule has 2 rings (SSSR count). The van der Waals surface area contributed by atoms with Crippen LogP contribution >= 0.6 is 0 Å². The van der Waals surface area contributed by atoms with Crippen LogP contribution in [0.25, 0.3) is 0 Å². The summed E-state index contributed by atoms with van der Waals surface area (Å²) in [6.07, 6.45) is 0. The van der Waals surface area contributed by atoms with E-state index in [0.29, 0.717) is 12.4 Å². The molecule has 0 aliphatic heterocycles. The van der Waals surface area contributed by atoms with Crippen LogP contribution in [0.5, 0.6) is 5.75 Å². The van der Waals surface area contributed by atoms with Gasteiger partial charge < -0.3 is 15.2 Å². The predicted octanol–water partition coefficient (Wildman–Crippen LogP) is 2.92. The van der Waals surface area contributed by atoms with Crippen LogP contribution in [0.4, 0.5) is 11.5 Å². The molecule has 0 spiro atoms. The van der Waals surface area contributed by atoms with E-state index in [4.69, 9.17) is 9.84 Å². The highest BCUT2D eigenvalue weighted by atomic mass is 16.5. The third-order valence-corrected chi connectivity index (χ3v) is 2.39. The van der Waals surface area contributed by atoms with E-state index in [1.165, 1.54) is 6.07 Å². The second-order valence-electron chi connectivity index (χ2n) is 3.80. The number of benzene rings is 1. The van der Waals surface area contributed by atoms with Crippen LogP contribution in [0.15, 0.2) is 42.5 Å². The van der Waals surface area contributed by atoms with Crippen LogP contribution in [0.2, 0.25) is 0 Å². The number of hydrogen-bond acceptors (Lipinski definition) is 4. The van der Waals surface area contributed by atoms with Crippen LogP contribution in [0, 0.1) is 0 Å². The van der Waals surface area contributed by atoms with Gasteiger partial charge in [-0.2, -0.15) is 0 Å². The SMILES string of the molecule is CCOc1cccc(Nc2cccc(C(=O)O)n2)c1. The van der Waals surface area contributed by atoms with Gasteiger partial charge in [0.15, 0.2) is 5.69 Å². The van der Waals surface area contributed by atoms with Crippen LogP contribution in [0.1, 0.15) is 17.4 Å². The summed E-state index contributed by atoms with van der Waals surface area (Å²) >= 11 is 0. The number of carboxylic acids is 1. The van der Waals surface area contributed by atoms with Gasteiger partial charge in [-0.3, -0.25) is 0 Å². The molecular formula is C14H14N2O3. The Morgan fingerprint density at radius 3 is 2.84 bits per heavy atom. The molecule has 0 amide bonds. The van der Waals surface area contributed by atoms with Crippen molar-refractivity contribution in [2.24, 2.45) is 0 Å². The van der Waals surface area contributed by atoms with Crippen molar-refractivity contribution in [1.82, 2.24) is 4.98 Å². The first-order valence-corrected chi connectivity index (χ1v) is 5.89. The van der Waals surface area contributed by atoms with Crippen molar-refractivity contribution in [3.8, 4) is 5.75 Å². The molecule has 5 nitrogen and oxygen atoms in total. The monoisotopic (exact) mass is 258 g/mol. The minimum atomic E-state index is -1.05.